The van der Waals surface area contributed by atoms with E-state index in [-0.39, 0.29) is 5.91 Å². The lowest BCUT2D eigenvalue weighted by atomic mass is 10.2. The van der Waals surface area contributed by atoms with Crippen molar-refractivity contribution >= 4 is 34.3 Å². The quantitative estimate of drug-likeness (QED) is 0.535. The first-order valence-electron chi connectivity index (χ1n) is 8.76. The monoisotopic (exact) mass is 370 g/mol. The van der Waals surface area contributed by atoms with Crippen molar-refractivity contribution in [2.75, 3.05) is 17.7 Å². The second kappa shape index (κ2) is 7.75. The smallest absolute Gasteiger partial charge is 0.256 e. The van der Waals surface area contributed by atoms with Crippen molar-refractivity contribution in [3.63, 3.8) is 0 Å². The molecule has 6 nitrogen and oxygen atoms in total. The van der Waals surface area contributed by atoms with Gasteiger partial charge in [-0.25, -0.2) is 9.97 Å². The van der Waals surface area contributed by atoms with E-state index in [0.29, 0.717) is 28.6 Å². The molecule has 0 fully saturated rings. The highest BCUT2D eigenvalue weighted by atomic mass is 16.5. The van der Waals surface area contributed by atoms with E-state index in [2.05, 4.69) is 20.6 Å². The number of carbonyl (C=O) groups is 1. The molecule has 4 aromatic rings. The second-order valence-electron chi connectivity index (χ2n) is 6.11. The fourth-order valence-corrected chi connectivity index (χ4v) is 2.74. The van der Waals surface area contributed by atoms with Gasteiger partial charge in [0.05, 0.1) is 7.11 Å². The minimum atomic E-state index is -0.243. The number of pyridine rings is 2. The number of para-hydroxylation sites is 1. The summed E-state index contributed by atoms with van der Waals surface area (Å²) in [6, 6.07) is 24.2. The summed E-state index contributed by atoms with van der Waals surface area (Å²) < 4.78 is 5.11. The molecule has 0 bridgehead atoms. The van der Waals surface area contributed by atoms with Crippen LogP contribution in [-0.2, 0) is 0 Å². The van der Waals surface area contributed by atoms with Crippen molar-refractivity contribution < 1.29 is 9.53 Å². The van der Waals surface area contributed by atoms with Gasteiger partial charge in [0.15, 0.2) is 5.65 Å². The van der Waals surface area contributed by atoms with Gasteiger partial charge in [-0.05, 0) is 60.7 Å². The molecule has 0 saturated carbocycles. The summed E-state index contributed by atoms with van der Waals surface area (Å²) in [6.45, 7) is 0. The molecular weight excluding hydrogens is 352 g/mol. The van der Waals surface area contributed by atoms with Crippen LogP contribution in [-0.4, -0.2) is 23.0 Å². The molecule has 0 radical (unpaired) electrons. The molecule has 1 amide bonds. The summed E-state index contributed by atoms with van der Waals surface area (Å²) in [7, 11) is 1.59. The lowest BCUT2D eigenvalue weighted by Crippen LogP contribution is -2.13. The van der Waals surface area contributed by atoms with Gasteiger partial charge in [0.2, 0.25) is 0 Å². The highest BCUT2D eigenvalue weighted by Crippen LogP contribution is 2.20. The molecule has 0 aliphatic carbocycles. The number of nitrogens with zero attached hydrogens (tertiary/aromatic N) is 2. The molecule has 2 N–H and O–H groups in total. The maximum Gasteiger partial charge on any atom is 0.256 e. The topological polar surface area (TPSA) is 76.1 Å². The van der Waals surface area contributed by atoms with Gasteiger partial charge in [0, 0.05) is 16.6 Å². The van der Waals surface area contributed by atoms with Crippen LogP contribution in [0.15, 0.2) is 78.9 Å². The SMILES string of the molecule is COc1ccc(C(=O)Nc2ccc3ccc(Nc4ccccc4)nc3n2)cc1. The Kier molecular flexibility index (Phi) is 4.84. The van der Waals surface area contributed by atoms with Gasteiger partial charge in [0.25, 0.3) is 5.91 Å². The fourth-order valence-electron chi connectivity index (χ4n) is 2.74. The number of hydrogen-bond donors (Lipinski definition) is 2. The molecule has 28 heavy (non-hydrogen) atoms. The minimum Gasteiger partial charge on any atom is -0.497 e. The number of hydrogen-bond acceptors (Lipinski definition) is 5. The molecule has 138 valence electrons. The molecule has 2 aromatic carbocycles. The molecular formula is C22H18N4O2. The molecule has 4 rings (SSSR count). The van der Waals surface area contributed by atoms with E-state index in [1.54, 1.807) is 37.4 Å². The average molecular weight is 370 g/mol. The number of rotatable bonds is 5. The molecule has 0 spiro atoms. The molecule has 0 aliphatic heterocycles. The maximum atomic E-state index is 12.4. The van der Waals surface area contributed by atoms with Gasteiger partial charge in [-0.2, -0.15) is 0 Å². The zero-order valence-electron chi connectivity index (χ0n) is 15.2. The number of benzene rings is 2. The zero-order chi connectivity index (χ0) is 19.3. The van der Waals surface area contributed by atoms with E-state index in [4.69, 9.17) is 4.74 Å². The van der Waals surface area contributed by atoms with Crippen LogP contribution >= 0.6 is 0 Å². The number of aromatic nitrogens is 2. The first kappa shape index (κ1) is 17.5. The summed E-state index contributed by atoms with van der Waals surface area (Å²) >= 11 is 0. The number of methoxy groups -OCH3 is 1. The molecule has 0 aliphatic rings. The first-order chi connectivity index (χ1) is 13.7. The number of ether oxygens (including phenoxy) is 1. The molecule has 2 heterocycles. The van der Waals surface area contributed by atoms with E-state index in [9.17, 15) is 4.79 Å². The third-order valence-corrected chi connectivity index (χ3v) is 4.19. The summed E-state index contributed by atoms with van der Waals surface area (Å²) in [6.07, 6.45) is 0. The number of carbonyl (C=O) groups excluding carboxylic acids is 1. The maximum absolute atomic E-state index is 12.4. The summed E-state index contributed by atoms with van der Waals surface area (Å²) in [5.41, 5.74) is 2.02. The van der Waals surface area contributed by atoms with Crippen LogP contribution in [0.25, 0.3) is 11.0 Å². The van der Waals surface area contributed by atoms with Gasteiger partial charge < -0.3 is 15.4 Å². The van der Waals surface area contributed by atoms with Gasteiger partial charge in [-0.15, -0.1) is 0 Å². The van der Waals surface area contributed by atoms with Crippen LogP contribution in [0, 0.1) is 0 Å². The molecule has 6 heteroatoms. The standard InChI is InChI=1S/C22H18N4O2/c1-28-18-11-7-16(8-12-18)22(27)26-20-14-10-15-9-13-19(24-21(15)25-20)23-17-5-3-2-4-6-17/h2-14H,1H3,(H2,23,24,25,26,27). The van der Waals surface area contributed by atoms with Crippen molar-refractivity contribution in [1.29, 1.82) is 0 Å². The normalized spacial score (nSPS) is 10.5. The van der Waals surface area contributed by atoms with Crippen molar-refractivity contribution in [3.8, 4) is 5.75 Å². The van der Waals surface area contributed by atoms with E-state index in [0.717, 1.165) is 11.1 Å². The van der Waals surface area contributed by atoms with Crippen LogP contribution in [0.1, 0.15) is 10.4 Å². The molecule has 0 saturated heterocycles. The van der Waals surface area contributed by atoms with Crippen LogP contribution in [0.3, 0.4) is 0 Å². The predicted molar refractivity (Wildman–Crippen MR) is 110 cm³/mol. The van der Waals surface area contributed by atoms with Crippen LogP contribution in [0.4, 0.5) is 17.3 Å². The van der Waals surface area contributed by atoms with E-state index >= 15 is 0 Å². The third-order valence-electron chi connectivity index (χ3n) is 4.19. The number of nitrogens with one attached hydrogen (secondary N) is 2. The zero-order valence-corrected chi connectivity index (χ0v) is 15.2. The Morgan fingerprint density at radius 2 is 1.50 bits per heavy atom. The summed E-state index contributed by atoms with van der Waals surface area (Å²) in [4.78, 5) is 21.4. The van der Waals surface area contributed by atoms with Gasteiger partial charge in [-0.3, -0.25) is 4.79 Å². The summed E-state index contributed by atoms with van der Waals surface area (Å²) in [5.74, 6) is 1.58. The Labute approximate surface area is 162 Å². The van der Waals surface area contributed by atoms with E-state index < -0.39 is 0 Å². The Morgan fingerprint density at radius 3 is 2.21 bits per heavy atom. The second-order valence-corrected chi connectivity index (χ2v) is 6.11. The predicted octanol–water partition coefficient (Wildman–Crippen LogP) is 4.63. The highest BCUT2D eigenvalue weighted by molar-refractivity contribution is 6.04. The average Bonchev–Trinajstić information content (AvgIpc) is 2.74. The van der Waals surface area contributed by atoms with Crippen LogP contribution in [0.5, 0.6) is 5.75 Å². The summed E-state index contributed by atoms with van der Waals surface area (Å²) in [5, 5.41) is 6.94. The highest BCUT2D eigenvalue weighted by Gasteiger charge is 2.08. The van der Waals surface area contributed by atoms with Crippen molar-refractivity contribution in [2.24, 2.45) is 0 Å². The van der Waals surface area contributed by atoms with E-state index in [1.807, 2.05) is 48.5 Å². The molecule has 0 unspecified atom stereocenters. The van der Waals surface area contributed by atoms with Gasteiger partial charge in [-0.1, -0.05) is 18.2 Å². The Bertz CT molecular complexity index is 1110. The lowest BCUT2D eigenvalue weighted by molar-refractivity contribution is 0.102. The number of anilines is 3. The Hall–Kier alpha value is -3.93. The number of amides is 1. The van der Waals surface area contributed by atoms with E-state index in [1.165, 1.54) is 0 Å². The fraction of sp³-hybridized carbons (Fsp3) is 0.0455. The van der Waals surface area contributed by atoms with Crippen LogP contribution < -0.4 is 15.4 Å². The van der Waals surface area contributed by atoms with Gasteiger partial charge in [0.1, 0.15) is 17.4 Å². The minimum absolute atomic E-state index is 0.243. The van der Waals surface area contributed by atoms with Crippen molar-refractivity contribution in [2.45, 2.75) is 0 Å². The Balaban J connectivity index is 1.54. The van der Waals surface area contributed by atoms with Crippen molar-refractivity contribution in [3.05, 3.63) is 84.4 Å². The Morgan fingerprint density at radius 1 is 0.821 bits per heavy atom. The number of fused-ring (bicyclic) bond motifs is 1. The lowest BCUT2D eigenvalue weighted by Gasteiger charge is -2.08. The third kappa shape index (κ3) is 3.91. The van der Waals surface area contributed by atoms with Crippen molar-refractivity contribution in [1.82, 2.24) is 9.97 Å². The van der Waals surface area contributed by atoms with Crippen LogP contribution in [0.2, 0.25) is 0 Å². The molecule has 0 atom stereocenters. The first-order valence-corrected chi connectivity index (χ1v) is 8.76. The van der Waals surface area contributed by atoms with Gasteiger partial charge >= 0.3 is 0 Å². The molecule has 2 aromatic heterocycles. The largest absolute Gasteiger partial charge is 0.497 e.